The lowest BCUT2D eigenvalue weighted by atomic mass is 9.99. The molecule has 2 heterocycles. The molecule has 7 nitrogen and oxygen atoms in total. The van der Waals surface area contributed by atoms with E-state index in [1.165, 1.54) is 13.3 Å². The maximum atomic E-state index is 12.9. The van der Waals surface area contributed by atoms with Gasteiger partial charge in [-0.15, -0.1) is 0 Å². The van der Waals surface area contributed by atoms with Crippen LogP contribution in [0.1, 0.15) is 50.0 Å². The summed E-state index contributed by atoms with van der Waals surface area (Å²) in [5, 5.41) is 5.82. The Morgan fingerprint density at radius 2 is 1.89 bits per heavy atom. The van der Waals surface area contributed by atoms with Gasteiger partial charge in [-0.2, -0.15) is 0 Å². The Balaban J connectivity index is 1.71. The highest BCUT2D eigenvalue weighted by molar-refractivity contribution is 5.93. The fourth-order valence-electron chi connectivity index (χ4n) is 3.35. The fraction of sp³-hybridized carbons (Fsp3) is 0.400. The number of carbonyl (C=O) groups excluding carboxylic acids is 2. The first-order valence-corrected chi connectivity index (χ1v) is 9.35. The second-order valence-electron chi connectivity index (χ2n) is 6.71. The summed E-state index contributed by atoms with van der Waals surface area (Å²) in [6.45, 7) is 4.37. The van der Waals surface area contributed by atoms with E-state index < -0.39 is 0 Å². The lowest BCUT2D eigenvalue weighted by molar-refractivity contribution is -0.114. The van der Waals surface area contributed by atoms with Crippen molar-refractivity contribution in [2.24, 2.45) is 0 Å². The van der Waals surface area contributed by atoms with E-state index >= 15 is 0 Å². The Kier molecular flexibility index (Phi) is 6.01. The topological polar surface area (TPSA) is 87.2 Å². The molecule has 0 aliphatic carbocycles. The SMILES string of the molecule is CCC1CCCCN1C(=O)c1ccnc(Nc2ccc(NC(C)=O)cc2)n1. The molecule has 1 aliphatic rings. The zero-order valence-corrected chi connectivity index (χ0v) is 15.7. The van der Waals surface area contributed by atoms with E-state index in [9.17, 15) is 9.59 Å². The van der Waals surface area contributed by atoms with Crippen LogP contribution in [0.25, 0.3) is 0 Å². The molecule has 0 spiro atoms. The van der Waals surface area contributed by atoms with Crippen LogP contribution in [0.2, 0.25) is 0 Å². The zero-order chi connectivity index (χ0) is 19.2. The summed E-state index contributed by atoms with van der Waals surface area (Å²) in [4.78, 5) is 34.5. The van der Waals surface area contributed by atoms with E-state index in [0.29, 0.717) is 23.4 Å². The number of hydrogen-bond acceptors (Lipinski definition) is 5. The molecule has 7 heteroatoms. The molecule has 0 saturated carbocycles. The van der Waals surface area contributed by atoms with Gasteiger partial charge in [-0.3, -0.25) is 9.59 Å². The maximum Gasteiger partial charge on any atom is 0.272 e. The van der Waals surface area contributed by atoms with Gasteiger partial charge in [0.05, 0.1) is 0 Å². The number of nitrogens with zero attached hydrogens (tertiary/aromatic N) is 3. The van der Waals surface area contributed by atoms with Crippen molar-refractivity contribution in [3.05, 3.63) is 42.2 Å². The fourth-order valence-corrected chi connectivity index (χ4v) is 3.35. The number of amides is 2. The highest BCUT2D eigenvalue weighted by Crippen LogP contribution is 2.22. The molecule has 2 N–H and O–H groups in total. The lowest BCUT2D eigenvalue weighted by Gasteiger charge is -2.35. The third kappa shape index (κ3) is 4.81. The van der Waals surface area contributed by atoms with Gasteiger partial charge in [-0.1, -0.05) is 6.92 Å². The second kappa shape index (κ2) is 8.62. The minimum Gasteiger partial charge on any atom is -0.334 e. The van der Waals surface area contributed by atoms with Gasteiger partial charge in [-0.25, -0.2) is 9.97 Å². The summed E-state index contributed by atoms with van der Waals surface area (Å²) in [6, 6.07) is 9.17. The Hall–Kier alpha value is -2.96. The van der Waals surface area contributed by atoms with Gasteiger partial charge in [0.25, 0.3) is 5.91 Å². The van der Waals surface area contributed by atoms with Crippen molar-refractivity contribution < 1.29 is 9.59 Å². The van der Waals surface area contributed by atoms with Crippen molar-refractivity contribution in [2.75, 3.05) is 17.2 Å². The zero-order valence-electron chi connectivity index (χ0n) is 15.7. The van der Waals surface area contributed by atoms with Crippen LogP contribution in [0.3, 0.4) is 0 Å². The molecule has 0 bridgehead atoms. The number of nitrogens with one attached hydrogen (secondary N) is 2. The van der Waals surface area contributed by atoms with Gasteiger partial charge in [0.1, 0.15) is 5.69 Å². The standard InChI is InChI=1S/C20H25N5O2/c1-3-17-6-4-5-13-25(17)19(27)18-11-12-21-20(24-18)23-16-9-7-15(8-10-16)22-14(2)26/h7-12,17H,3-6,13H2,1-2H3,(H,22,26)(H,21,23,24). The quantitative estimate of drug-likeness (QED) is 0.843. The lowest BCUT2D eigenvalue weighted by Crippen LogP contribution is -2.43. The van der Waals surface area contributed by atoms with Crippen LogP contribution in [0.15, 0.2) is 36.5 Å². The van der Waals surface area contributed by atoms with Crippen LogP contribution < -0.4 is 10.6 Å². The molecule has 1 aromatic heterocycles. The summed E-state index contributed by atoms with van der Waals surface area (Å²) in [7, 11) is 0. The molecular weight excluding hydrogens is 342 g/mol. The second-order valence-corrected chi connectivity index (χ2v) is 6.71. The summed E-state index contributed by atoms with van der Waals surface area (Å²) in [5.74, 6) is 0.222. The molecular formula is C20H25N5O2. The Bertz CT molecular complexity index is 806. The summed E-state index contributed by atoms with van der Waals surface area (Å²) >= 11 is 0. The van der Waals surface area contributed by atoms with Crippen LogP contribution in [0.4, 0.5) is 17.3 Å². The predicted octanol–water partition coefficient (Wildman–Crippen LogP) is 3.58. The molecule has 3 rings (SSSR count). The number of carbonyl (C=O) groups is 2. The van der Waals surface area contributed by atoms with Crippen molar-refractivity contribution in [2.45, 2.75) is 45.6 Å². The normalized spacial score (nSPS) is 16.7. The first kappa shape index (κ1) is 18.8. The number of aromatic nitrogens is 2. The molecule has 27 heavy (non-hydrogen) atoms. The van der Waals surface area contributed by atoms with Crippen LogP contribution in [-0.2, 0) is 4.79 Å². The van der Waals surface area contributed by atoms with Gasteiger partial charge in [-0.05, 0) is 56.0 Å². The molecule has 1 saturated heterocycles. The summed E-state index contributed by atoms with van der Waals surface area (Å²) < 4.78 is 0. The highest BCUT2D eigenvalue weighted by atomic mass is 16.2. The summed E-state index contributed by atoms with van der Waals surface area (Å²) in [6.07, 6.45) is 5.83. The van der Waals surface area contributed by atoms with E-state index in [4.69, 9.17) is 0 Å². The number of piperidine rings is 1. The van der Waals surface area contributed by atoms with E-state index in [0.717, 1.165) is 31.5 Å². The first-order chi connectivity index (χ1) is 13.1. The molecule has 1 unspecified atom stereocenters. The van der Waals surface area contributed by atoms with E-state index in [1.807, 2.05) is 17.0 Å². The molecule has 1 aromatic carbocycles. The smallest absolute Gasteiger partial charge is 0.272 e. The van der Waals surface area contributed by atoms with Crippen LogP contribution >= 0.6 is 0 Å². The third-order valence-corrected chi connectivity index (χ3v) is 4.70. The molecule has 0 radical (unpaired) electrons. The number of hydrogen-bond donors (Lipinski definition) is 2. The van der Waals surface area contributed by atoms with Gasteiger partial charge >= 0.3 is 0 Å². The molecule has 1 aliphatic heterocycles. The van der Waals surface area contributed by atoms with Crippen molar-refractivity contribution >= 4 is 29.1 Å². The van der Waals surface area contributed by atoms with Crippen molar-refractivity contribution in [1.82, 2.24) is 14.9 Å². The van der Waals surface area contributed by atoms with Gasteiger partial charge < -0.3 is 15.5 Å². The first-order valence-electron chi connectivity index (χ1n) is 9.35. The largest absolute Gasteiger partial charge is 0.334 e. The molecule has 2 amide bonds. The van der Waals surface area contributed by atoms with Gasteiger partial charge in [0, 0.05) is 37.1 Å². The van der Waals surface area contributed by atoms with Gasteiger partial charge in [0.2, 0.25) is 11.9 Å². The molecule has 142 valence electrons. The van der Waals surface area contributed by atoms with E-state index in [1.54, 1.807) is 24.4 Å². The maximum absolute atomic E-state index is 12.9. The third-order valence-electron chi connectivity index (χ3n) is 4.70. The summed E-state index contributed by atoms with van der Waals surface area (Å²) in [5.41, 5.74) is 1.90. The minimum absolute atomic E-state index is 0.0343. The number of anilines is 3. The van der Waals surface area contributed by atoms with Crippen LogP contribution in [0, 0.1) is 0 Å². The van der Waals surface area contributed by atoms with Crippen LogP contribution in [-0.4, -0.2) is 39.3 Å². The van der Waals surface area contributed by atoms with Gasteiger partial charge in [0.15, 0.2) is 0 Å². The Morgan fingerprint density at radius 1 is 1.15 bits per heavy atom. The average Bonchev–Trinajstić information content (AvgIpc) is 2.69. The molecule has 1 fully saturated rings. The predicted molar refractivity (Wildman–Crippen MR) is 105 cm³/mol. The molecule has 1 atom stereocenters. The number of likely N-dealkylation sites (tertiary alicyclic amines) is 1. The minimum atomic E-state index is -0.117. The van der Waals surface area contributed by atoms with Crippen molar-refractivity contribution in [3.63, 3.8) is 0 Å². The Labute approximate surface area is 159 Å². The monoisotopic (exact) mass is 367 g/mol. The van der Waals surface area contributed by atoms with E-state index in [2.05, 4.69) is 27.5 Å². The number of benzene rings is 1. The highest BCUT2D eigenvalue weighted by Gasteiger charge is 2.27. The van der Waals surface area contributed by atoms with E-state index in [-0.39, 0.29) is 11.8 Å². The van der Waals surface area contributed by atoms with Crippen molar-refractivity contribution in [3.8, 4) is 0 Å². The van der Waals surface area contributed by atoms with Crippen LogP contribution in [0.5, 0.6) is 0 Å². The van der Waals surface area contributed by atoms with Crippen molar-refractivity contribution in [1.29, 1.82) is 0 Å². The average molecular weight is 367 g/mol. The number of rotatable bonds is 5. The molecule has 2 aromatic rings. The Morgan fingerprint density at radius 3 is 2.59 bits per heavy atom.